The number of hydrogen-bond donors (Lipinski definition) is 2. The summed E-state index contributed by atoms with van der Waals surface area (Å²) in [7, 11) is 0. The lowest BCUT2D eigenvalue weighted by Gasteiger charge is -2.49. The highest BCUT2D eigenvalue weighted by Crippen LogP contribution is 2.43. The Balaban J connectivity index is 1.00. The summed E-state index contributed by atoms with van der Waals surface area (Å²) in [6, 6.07) is 57.0. The number of hydrogen-bond acceptors (Lipinski definition) is 10. The Morgan fingerprint density at radius 1 is 0.750 bits per heavy atom. The number of alkyl halides is 1. The molecule has 1 unspecified atom stereocenters. The number of carbonyl (C=O) groups excluding carboxylic acids is 3. The molecule has 2 N–H and O–H groups in total. The van der Waals surface area contributed by atoms with Gasteiger partial charge in [0.2, 0.25) is 0 Å². The molecule has 2 amide bonds. The first kappa shape index (κ1) is 42.3. The van der Waals surface area contributed by atoms with E-state index in [1.54, 1.807) is 29.6 Å². The number of ether oxygens (including phenoxy) is 1. The molecule has 13 heteroatoms. The average molecular weight is 902 g/mol. The minimum absolute atomic E-state index is 0.0141. The number of oxime groups is 1. The standard InChI is InChI=1S/C51H40ClN5O5S2/c52-31-36-32-63-48-43(47(59)57(48)44(36)49(60)61-45(34-19-7-1-8-20-34)35-21-9-2-10-22-35)54-46(58)42(56-62-40-29-17-6-18-30-40)41-33-64-50(53-41)55-51(37-23-11-3-12-24-37,38-25-13-4-14-26-38)39-27-15-5-16-28-39/h1-30,33,43,45,48H,31-32H2,(H,53,55)(H,54,58)/t43?,48-/m0/s1. The van der Waals surface area contributed by atoms with E-state index in [4.69, 9.17) is 26.2 Å². The fourth-order valence-corrected chi connectivity index (χ4v) is 10.3. The maximum atomic E-state index is 14.5. The van der Waals surface area contributed by atoms with Crippen LogP contribution < -0.4 is 15.5 Å². The number of nitrogens with one attached hydrogen (secondary N) is 2. The number of benzene rings is 6. The van der Waals surface area contributed by atoms with Crippen LogP contribution in [0.4, 0.5) is 5.13 Å². The summed E-state index contributed by atoms with van der Waals surface area (Å²) in [5.41, 5.74) is 4.33. The Bertz CT molecular complexity index is 2660. The molecule has 2 aliphatic heterocycles. The van der Waals surface area contributed by atoms with Crippen LogP contribution in [0.5, 0.6) is 5.75 Å². The lowest BCUT2D eigenvalue weighted by Crippen LogP contribution is -2.71. The highest BCUT2D eigenvalue weighted by molar-refractivity contribution is 8.00. The monoisotopic (exact) mass is 901 g/mol. The summed E-state index contributed by atoms with van der Waals surface area (Å²) in [6.07, 6.45) is -0.738. The molecule has 1 aromatic heterocycles. The molecule has 7 aromatic rings. The second-order valence-corrected chi connectivity index (χ2v) is 17.1. The smallest absolute Gasteiger partial charge is 0.356 e. The average Bonchev–Trinajstić information content (AvgIpc) is 3.83. The lowest BCUT2D eigenvalue weighted by atomic mass is 9.77. The third kappa shape index (κ3) is 8.55. The summed E-state index contributed by atoms with van der Waals surface area (Å²) in [5.74, 6) is -1.09. The predicted molar refractivity (Wildman–Crippen MR) is 252 cm³/mol. The number of para-hydroxylation sites is 1. The number of β-lactam (4-membered cyclic amide) rings is 1. The Kier molecular flexibility index (Phi) is 12.7. The van der Waals surface area contributed by atoms with Crippen LogP contribution in [0.25, 0.3) is 0 Å². The van der Waals surface area contributed by atoms with Gasteiger partial charge in [-0.1, -0.05) is 175 Å². The molecule has 10 nitrogen and oxygen atoms in total. The second-order valence-electron chi connectivity index (χ2n) is 14.9. The van der Waals surface area contributed by atoms with Gasteiger partial charge in [-0.05, 0) is 45.5 Å². The fraction of sp³-hybridized carbons (Fsp3) is 0.118. The zero-order valence-corrected chi connectivity index (χ0v) is 36.5. The molecule has 0 bridgehead atoms. The van der Waals surface area contributed by atoms with E-state index < -0.39 is 40.8 Å². The van der Waals surface area contributed by atoms with Crippen LogP contribution in [0.15, 0.2) is 204 Å². The Hall–Kier alpha value is -6.99. The number of esters is 1. The van der Waals surface area contributed by atoms with Gasteiger partial charge in [0.25, 0.3) is 11.8 Å². The molecule has 6 aromatic carbocycles. The van der Waals surface area contributed by atoms with Gasteiger partial charge in [-0.25, -0.2) is 9.78 Å². The van der Waals surface area contributed by atoms with E-state index in [-0.39, 0.29) is 23.0 Å². The van der Waals surface area contributed by atoms with E-state index in [2.05, 4.69) is 52.2 Å². The van der Waals surface area contributed by atoms with Crippen molar-refractivity contribution < 1.29 is 24.0 Å². The molecule has 1 saturated heterocycles. The largest absolute Gasteiger partial charge is 0.448 e. The van der Waals surface area contributed by atoms with Gasteiger partial charge in [0.1, 0.15) is 28.3 Å². The number of nitrogens with zero attached hydrogens (tertiary/aromatic N) is 3. The molecule has 2 atom stereocenters. The SMILES string of the molecule is O=C(NC1C(=O)N2C(C(=O)OC(c3ccccc3)c3ccccc3)=C(CCl)CS[C@@H]12)C(=NOc1ccccc1)c1csc(NC(c2ccccc2)(c2ccccc2)c2ccccc2)n1. The van der Waals surface area contributed by atoms with Gasteiger partial charge in [0, 0.05) is 17.0 Å². The number of halogens is 1. The number of thiazole rings is 1. The van der Waals surface area contributed by atoms with Gasteiger partial charge in [-0.15, -0.1) is 34.7 Å². The van der Waals surface area contributed by atoms with Gasteiger partial charge in [-0.3, -0.25) is 14.5 Å². The minimum Gasteiger partial charge on any atom is -0.448 e. The van der Waals surface area contributed by atoms with Crippen LogP contribution in [0.2, 0.25) is 0 Å². The summed E-state index contributed by atoms with van der Waals surface area (Å²) in [4.78, 5) is 54.9. The third-order valence-corrected chi connectivity index (χ3v) is 13.4. The molecule has 0 aliphatic carbocycles. The van der Waals surface area contributed by atoms with Crippen molar-refractivity contribution in [3.05, 3.63) is 232 Å². The molecular formula is C51H40ClN5O5S2. The van der Waals surface area contributed by atoms with Crippen molar-refractivity contribution in [2.45, 2.75) is 23.1 Å². The number of rotatable bonds is 15. The van der Waals surface area contributed by atoms with Crippen molar-refractivity contribution in [3.8, 4) is 5.75 Å². The van der Waals surface area contributed by atoms with Gasteiger partial charge in [-0.2, -0.15) is 0 Å². The van der Waals surface area contributed by atoms with Crippen molar-refractivity contribution in [1.29, 1.82) is 0 Å². The summed E-state index contributed by atoms with van der Waals surface area (Å²) in [6.45, 7) is 0. The van der Waals surface area contributed by atoms with Crippen LogP contribution in [0, 0.1) is 0 Å². The molecule has 2 aliphatic rings. The van der Waals surface area contributed by atoms with E-state index in [1.165, 1.54) is 28.0 Å². The molecule has 1 fully saturated rings. The first-order valence-corrected chi connectivity index (χ1v) is 23.0. The van der Waals surface area contributed by atoms with Crippen molar-refractivity contribution in [1.82, 2.24) is 15.2 Å². The molecule has 0 saturated carbocycles. The number of anilines is 1. The van der Waals surface area contributed by atoms with Gasteiger partial charge < -0.3 is 20.2 Å². The Morgan fingerprint density at radius 2 is 1.25 bits per heavy atom. The number of thioether (sulfide) groups is 1. The molecule has 3 heterocycles. The normalized spacial score (nSPS) is 16.1. The van der Waals surface area contributed by atoms with E-state index in [9.17, 15) is 14.4 Å². The molecule has 0 spiro atoms. The topological polar surface area (TPSA) is 122 Å². The van der Waals surface area contributed by atoms with Gasteiger partial charge >= 0.3 is 5.97 Å². The maximum absolute atomic E-state index is 14.5. The van der Waals surface area contributed by atoms with E-state index in [0.29, 0.717) is 22.2 Å². The van der Waals surface area contributed by atoms with Crippen molar-refractivity contribution in [2.75, 3.05) is 16.9 Å². The zero-order valence-electron chi connectivity index (χ0n) is 34.1. The molecule has 9 rings (SSSR count). The second kappa shape index (κ2) is 19.2. The van der Waals surface area contributed by atoms with Crippen molar-refractivity contribution in [3.63, 3.8) is 0 Å². The van der Waals surface area contributed by atoms with E-state index in [1.807, 2.05) is 121 Å². The van der Waals surface area contributed by atoms with Gasteiger partial charge in [0.15, 0.2) is 22.7 Å². The fourth-order valence-electron chi connectivity index (χ4n) is 7.90. The lowest BCUT2D eigenvalue weighted by molar-refractivity contribution is -0.154. The first-order chi connectivity index (χ1) is 31.4. The summed E-state index contributed by atoms with van der Waals surface area (Å²) < 4.78 is 6.21. The molecule has 64 heavy (non-hydrogen) atoms. The molecule has 318 valence electrons. The number of aromatic nitrogens is 1. The zero-order chi connectivity index (χ0) is 43.9. The highest BCUT2D eigenvalue weighted by atomic mass is 35.5. The van der Waals surface area contributed by atoms with Crippen molar-refractivity contribution >= 4 is 63.3 Å². The van der Waals surface area contributed by atoms with Crippen molar-refractivity contribution in [2.24, 2.45) is 5.16 Å². The minimum atomic E-state index is -1.00. The summed E-state index contributed by atoms with van der Waals surface area (Å²) in [5, 5.41) is 12.6. The summed E-state index contributed by atoms with van der Waals surface area (Å²) >= 11 is 9.11. The molecular weight excluding hydrogens is 862 g/mol. The first-order valence-electron chi connectivity index (χ1n) is 20.5. The van der Waals surface area contributed by atoms with Crippen LogP contribution in [0.1, 0.15) is 39.6 Å². The number of amides is 2. The van der Waals surface area contributed by atoms with Crippen LogP contribution in [0.3, 0.4) is 0 Å². The Morgan fingerprint density at radius 3 is 1.77 bits per heavy atom. The van der Waals surface area contributed by atoms with Crippen LogP contribution in [-0.2, 0) is 24.7 Å². The number of fused-ring (bicyclic) bond motifs is 1. The van der Waals surface area contributed by atoms with E-state index >= 15 is 0 Å². The predicted octanol–water partition coefficient (Wildman–Crippen LogP) is 9.56. The number of carbonyl (C=O) groups is 3. The van der Waals surface area contributed by atoms with E-state index in [0.717, 1.165) is 27.8 Å². The maximum Gasteiger partial charge on any atom is 0.356 e. The molecule has 0 radical (unpaired) electrons. The van der Waals surface area contributed by atoms with Gasteiger partial charge in [0.05, 0.1) is 0 Å². The van der Waals surface area contributed by atoms with Crippen LogP contribution in [-0.4, -0.2) is 56.4 Å². The quantitative estimate of drug-likeness (QED) is 0.0261. The Labute approximate surface area is 383 Å². The third-order valence-electron chi connectivity index (χ3n) is 11.0. The highest BCUT2D eigenvalue weighted by Gasteiger charge is 2.55. The van der Waals surface area contributed by atoms with Crippen LogP contribution >= 0.6 is 34.7 Å².